The first-order chi connectivity index (χ1) is 14.9. The Labute approximate surface area is 183 Å². The smallest absolute Gasteiger partial charge is 0.273 e. The van der Waals surface area contributed by atoms with Gasteiger partial charge in [0.1, 0.15) is 6.26 Å². The van der Waals surface area contributed by atoms with E-state index >= 15 is 0 Å². The maximum Gasteiger partial charge on any atom is 0.273 e. The maximum absolute atomic E-state index is 12.4. The second-order valence-corrected chi connectivity index (χ2v) is 9.25. The molecule has 1 aliphatic carbocycles. The number of oxazole rings is 1. The van der Waals surface area contributed by atoms with Crippen LogP contribution in [-0.2, 0) is 25.0 Å². The first-order valence-corrected chi connectivity index (χ1v) is 10.8. The van der Waals surface area contributed by atoms with Crippen LogP contribution >= 0.6 is 0 Å². The number of nitrogens with zero attached hydrogens (tertiary/aromatic N) is 3. The van der Waals surface area contributed by atoms with Crippen LogP contribution in [0, 0.1) is 0 Å². The van der Waals surface area contributed by atoms with Gasteiger partial charge in [0.2, 0.25) is 5.89 Å². The molecule has 1 N–H and O–H groups in total. The molecule has 162 valence electrons. The molecule has 0 radical (unpaired) electrons. The van der Waals surface area contributed by atoms with Crippen LogP contribution in [0.15, 0.2) is 59.5 Å². The standard InChI is InChI=1S/C25H30N4O2/c1-25(2,3)20-6-4-19(5-7-20)15-29(21-8-9-21)16-23-28-22(17-31-23)24(30)27-14-18-10-12-26-13-11-18/h4-7,10-13,17,21H,8-9,14-16H2,1-3H3,(H,27,30). The van der Waals surface area contributed by atoms with E-state index in [4.69, 9.17) is 4.42 Å². The second kappa shape index (κ2) is 9.02. The lowest BCUT2D eigenvalue weighted by atomic mass is 9.87. The Morgan fingerprint density at radius 3 is 2.42 bits per heavy atom. The third-order valence-corrected chi connectivity index (χ3v) is 5.59. The van der Waals surface area contributed by atoms with Crippen LogP contribution in [0.1, 0.15) is 66.7 Å². The van der Waals surface area contributed by atoms with Gasteiger partial charge in [-0.3, -0.25) is 14.7 Å². The maximum atomic E-state index is 12.4. The molecule has 1 fully saturated rings. The molecule has 31 heavy (non-hydrogen) atoms. The minimum Gasteiger partial charge on any atom is -0.447 e. The van der Waals surface area contributed by atoms with E-state index < -0.39 is 0 Å². The van der Waals surface area contributed by atoms with Crippen molar-refractivity contribution in [2.24, 2.45) is 0 Å². The molecule has 1 aliphatic rings. The van der Waals surface area contributed by atoms with Crippen LogP contribution in [0.2, 0.25) is 0 Å². The fourth-order valence-corrected chi connectivity index (χ4v) is 3.53. The summed E-state index contributed by atoms with van der Waals surface area (Å²) in [5, 5.41) is 2.87. The minimum atomic E-state index is -0.234. The molecule has 3 aromatic rings. The summed E-state index contributed by atoms with van der Waals surface area (Å²) in [6, 6.07) is 13.2. The normalized spacial score (nSPS) is 14.1. The summed E-state index contributed by atoms with van der Waals surface area (Å²) in [5.41, 5.74) is 4.08. The van der Waals surface area contributed by atoms with Gasteiger partial charge in [0.25, 0.3) is 5.91 Å². The van der Waals surface area contributed by atoms with Crippen LogP contribution < -0.4 is 5.32 Å². The average Bonchev–Trinajstić information content (AvgIpc) is 3.50. The number of rotatable bonds is 8. The number of carbonyl (C=O) groups is 1. The van der Waals surface area contributed by atoms with Gasteiger partial charge in [-0.2, -0.15) is 0 Å². The summed E-state index contributed by atoms with van der Waals surface area (Å²) in [4.78, 5) is 23.2. The Hall–Kier alpha value is -2.99. The molecular formula is C25H30N4O2. The van der Waals surface area contributed by atoms with Gasteiger partial charge in [0.05, 0.1) is 6.54 Å². The van der Waals surface area contributed by atoms with Crippen LogP contribution in [0.3, 0.4) is 0 Å². The van der Waals surface area contributed by atoms with Gasteiger partial charge in [-0.1, -0.05) is 45.0 Å². The molecule has 1 aromatic carbocycles. The van der Waals surface area contributed by atoms with Gasteiger partial charge >= 0.3 is 0 Å². The van der Waals surface area contributed by atoms with Crippen molar-refractivity contribution in [1.82, 2.24) is 20.2 Å². The molecule has 1 amide bonds. The number of nitrogens with one attached hydrogen (secondary N) is 1. The van der Waals surface area contributed by atoms with E-state index in [-0.39, 0.29) is 11.3 Å². The van der Waals surface area contributed by atoms with Crippen LogP contribution in [-0.4, -0.2) is 26.8 Å². The van der Waals surface area contributed by atoms with Gasteiger partial charge in [-0.25, -0.2) is 4.98 Å². The number of hydrogen-bond acceptors (Lipinski definition) is 5. The van der Waals surface area contributed by atoms with E-state index in [0.29, 0.717) is 30.7 Å². The molecule has 4 rings (SSSR count). The average molecular weight is 419 g/mol. The molecule has 1 saturated carbocycles. The fourth-order valence-electron chi connectivity index (χ4n) is 3.53. The number of benzene rings is 1. The van der Waals surface area contributed by atoms with Crippen LogP contribution in [0.5, 0.6) is 0 Å². The molecule has 0 saturated heterocycles. The molecule has 6 heteroatoms. The summed E-state index contributed by atoms with van der Waals surface area (Å²) < 4.78 is 5.62. The number of aromatic nitrogens is 2. The Kier molecular flexibility index (Phi) is 6.18. The van der Waals surface area contributed by atoms with Crippen LogP contribution in [0.4, 0.5) is 0 Å². The molecule has 2 aromatic heterocycles. The summed E-state index contributed by atoms with van der Waals surface area (Å²) in [6.45, 7) is 8.57. The quantitative estimate of drug-likeness (QED) is 0.585. The third-order valence-electron chi connectivity index (χ3n) is 5.59. The van der Waals surface area contributed by atoms with Crippen molar-refractivity contribution in [3.05, 3.63) is 83.3 Å². The number of amides is 1. The van der Waals surface area contributed by atoms with Crippen molar-refractivity contribution in [3.63, 3.8) is 0 Å². The summed E-state index contributed by atoms with van der Waals surface area (Å²) in [5.74, 6) is 0.342. The van der Waals surface area contributed by atoms with Gasteiger partial charge in [0.15, 0.2) is 5.69 Å². The highest BCUT2D eigenvalue weighted by Gasteiger charge is 2.30. The summed E-state index contributed by atoms with van der Waals surface area (Å²) in [6.07, 6.45) is 7.25. The van der Waals surface area contributed by atoms with E-state index in [1.807, 2.05) is 12.1 Å². The lowest BCUT2D eigenvalue weighted by Crippen LogP contribution is -2.26. The zero-order valence-electron chi connectivity index (χ0n) is 18.5. The Morgan fingerprint density at radius 1 is 1.06 bits per heavy atom. The minimum absolute atomic E-state index is 0.154. The van der Waals surface area contributed by atoms with E-state index in [1.54, 1.807) is 12.4 Å². The lowest BCUT2D eigenvalue weighted by Gasteiger charge is -2.22. The predicted molar refractivity (Wildman–Crippen MR) is 119 cm³/mol. The van der Waals surface area contributed by atoms with Crippen molar-refractivity contribution in [2.45, 2.75) is 64.7 Å². The monoisotopic (exact) mass is 418 g/mol. The van der Waals surface area contributed by atoms with E-state index in [9.17, 15) is 4.79 Å². The van der Waals surface area contributed by atoms with Gasteiger partial charge in [-0.05, 0) is 47.1 Å². The highest BCUT2D eigenvalue weighted by Crippen LogP contribution is 2.30. The topological polar surface area (TPSA) is 71.3 Å². The van der Waals surface area contributed by atoms with E-state index in [2.05, 4.69) is 65.2 Å². The lowest BCUT2D eigenvalue weighted by molar-refractivity contribution is 0.0945. The molecule has 6 nitrogen and oxygen atoms in total. The first kappa shape index (κ1) is 21.2. The molecule has 0 atom stereocenters. The SMILES string of the molecule is CC(C)(C)c1ccc(CN(Cc2nc(C(=O)NCc3ccncc3)co2)C2CC2)cc1. The number of pyridine rings is 1. The molecule has 2 heterocycles. The number of hydrogen-bond donors (Lipinski definition) is 1. The van der Waals surface area contributed by atoms with Gasteiger partial charge in [0, 0.05) is 31.5 Å². The third kappa shape index (κ3) is 5.79. The number of carbonyl (C=O) groups excluding carboxylic acids is 1. The van der Waals surface area contributed by atoms with Crippen molar-refractivity contribution >= 4 is 5.91 Å². The zero-order chi connectivity index (χ0) is 21.8. The molecule has 0 spiro atoms. The van der Waals surface area contributed by atoms with Crippen molar-refractivity contribution in [3.8, 4) is 0 Å². The molecule has 0 aliphatic heterocycles. The Bertz CT molecular complexity index is 1000. The largest absolute Gasteiger partial charge is 0.447 e. The first-order valence-electron chi connectivity index (χ1n) is 10.8. The highest BCUT2D eigenvalue weighted by molar-refractivity contribution is 5.91. The molecule has 0 unspecified atom stereocenters. The van der Waals surface area contributed by atoms with Crippen LogP contribution in [0.25, 0.3) is 0 Å². The highest BCUT2D eigenvalue weighted by atomic mass is 16.3. The van der Waals surface area contributed by atoms with Gasteiger partial charge < -0.3 is 9.73 Å². The summed E-state index contributed by atoms with van der Waals surface area (Å²) in [7, 11) is 0. The molecular weight excluding hydrogens is 388 g/mol. The van der Waals surface area contributed by atoms with Crippen molar-refractivity contribution < 1.29 is 9.21 Å². The fraction of sp³-hybridized carbons (Fsp3) is 0.400. The van der Waals surface area contributed by atoms with Crippen molar-refractivity contribution in [2.75, 3.05) is 0 Å². The Balaban J connectivity index is 1.36. The van der Waals surface area contributed by atoms with Crippen molar-refractivity contribution in [1.29, 1.82) is 0 Å². The van der Waals surface area contributed by atoms with E-state index in [1.165, 1.54) is 30.2 Å². The predicted octanol–water partition coefficient (Wildman–Crippen LogP) is 4.46. The molecule has 0 bridgehead atoms. The second-order valence-electron chi connectivity index (χ2n) is 9.25. The van der Waals surface area contributed by atoms with E-state index in [0.717, 1.165) is 12.1 Å². The summed E-state index contributed by atoms with van der Waals surface area (Å²) >= 11 is 0. The Morgan fingerprint density at radius 2 is 1.77 bits per heavy atom. The zero-order valence-corrected chi connectivity index (χ0v) is 18.5. The van der Waals surface area contributed by atoms with Gasteiger partial charge in [-0.15, -0.1) is 0 Å².